The lowest BCUT2D eigenvalue weighted by atomic mass is 9.70. The molecule has 0 nitrogen and oxygen atoms in total. The Morgan fingerprint density at radius 2 is 1.17 bits per heavy atom. The van der Waals surface area contributed by atoms with Crippen molar-refractivity contribution < 1.29 is 0 Å². The molecule has 0 aliphatic rings. The van der Waals surface area contributed by atoms with Crippen molar-refractivity contribution in [3.63, 3.8) is 0 Å². The Morgan fingerprint density at radius 3 is 1.25 bits per heavy atom. The highest BCUT2D eigenvalue weighted by molar-refractivity contribution is 6.24. The van der Waals surface area contributed by atoms with Crippen LogP contribution >= 0.6 is 11.6 Å². The van der Waals surface area contributed by atoms with Gasteiger partial charge in [0.25, 0.3) is 0 Å². The molecule has 0 spiro atoms. The molecule has 0 aromatic heterocycles. The summed E-state index contributed by atoms with van der Waals surface area (Å²) in [6.07, 6.45) is 4.50. The van der Waals surface area contributed by atoms with Crippen LogP contribution in [0.25, 0.3) is 0 Å². The highest BCUT2D eigenvalue weighted by atomic mass is 35.5. The summed E-state index contributed by atoms with van der Waals surface area (Å²) in [5.41, 5.74) is 0.304. The summed E-state index contributed by atoms with van der Waals surface area (Å²) in [6.45, 7) is 11.2. The highest BCUT2D eigenvalue weighted by Gasteiger charge is 2.41. The van der Waals surface area contributed by atoms with Crippen LogP contribution in [0, 0.1) is 5.41 Å². The molecule has 0 radical (unpaired) electrons. The molecule has 0 N–H and O–H groups in total. The van der Waals surface area contributed by atoms with Crippen LogP contribution in [0.15, 0.2) is 0 Å². The van der Waals surface area contributed by atoms with Gasteiger partial charge >= 0.3 is 0 Å². The standard InChI is InChI=1S/C11H23Cl/c1-6-10(5,7-2)11(12,8-3)9-4/h6-9H2,1-5H3. The molecule has 0 unspecified atom stereocenters. The number of halogens is 1. The second kappa shape index (κ2) is 4.50. The first-order valence-electron chi connectivity index (χ1n) is 5.18. The van der Waals surface area contributed by atoms with Crippen molar-refractivity contribution in [2.75, 3.05) is 0 Å². The predicted octanol–water partition coefficient (Wildman–Crippen LogP) is 4.61. The monoisotopic (exact) mass is 190 g/mol. The van der Waals surface area contributed by atoms with E-state index < -0.39 is 0 Å². The minimum atomic E-state index is 0.0104. The van der Waals surface area contributed by atoms with E-state index in [1.165, 1.54) is 12.8 Å². The van der Waals surface area contributed by atoms with E-state index in [-0.39, 0.29) is 4.87 Å². The van der Waals surface area contributed by atoms with E-state index >= 15 is 0 Å². The van der Waals surface area contributed by atoms with Gasteiger partial charge in [0, 0.05) is 4.87 Å². The summed E-state index contributed by atoms with van der Waals surface area (Å²) in [7, 11) is 0. The number of alkyl halides is 1. The van der Waals surface area contributed by atoms with Crippen LogP contribution < -0.4 is 0 Å². The maximum absolute atomic E-state index is 6.62. The van der Waals surface area contributed by atoms with Gasteiger partial charge in [-0.3, -0.25) is 0 Å². The van der Waals surface area contributed by atoms with E-state index in [1.807, 2.05) is 0 Å². The van der Waals surface area contributed by atoms with Crippen molar-refractivity contribution in [1.82, 2.24) is 0 Å². The molecule has 0 rings (SSSR count). The zero-order valence-corrected chi connectivity index (χ0v) is 9.96. The maximum atomic E-state index is 6.62. The van der Waals surface area contributed by atoms with Crippen molar-refractivity contribution in [2.45, 2.75) is 65.2 Å². The van der Waals surface area contributed by atoms with Crippen molar-refractivity contribution in [2.24, 2.45) is 5.41 Å². The molecule has 0 aliphatic carbocycles. The molecule has 0 atom stereocenters. The van der Waals surface area contributed by atoms with E-state index in [1.54, 1.807) is 0 Å². The molecule has 0 saturated carbocycles. The van der Waals surface area contributed by atoms with Gasteiger partial charge in [0.15, 0.2) is 0 Å². The van der Waals surface area contributed by atoms with E-state index in [4.69, 9.17) is 11.6 Å². The molecule has 0 aliphatic heterocycles. The summed E-state index contributed by atoms with van der Waals surface area (Å²) in [6, 6.07) is 0. The van der Waals surface area contributed by atoms with Gasteiger partial charge in [-0.05, 0) is 31.1 Å². The fourth-order valence-electron chi connectivity index (χ4n) is 1.99. The quantitative estimate of drug-likeness (QED) is 0.556. The molecular formula is C11H23Cl. The van der Waals surface area contributed by atoms with Crippen LogP contribution in [-0.4, -0.2) is 4.87 Å². The molecule has 0 aromatic carbocycles. The van der Waals surface area contributed by atoms with E-state index in [0.29, 0.717) is 5.41 Å². The number of hydrogen-bond acceptors (Lipinski definition) is 0. The molecule has 0 heterocycles. The first-order chi connectivity index (χ1) is 5.49. The first kappa shape index (κ1) is 12.3. The molecule has 0 amide bonds. The Balaban J connectivity index is 4.66. The number of rotatable bonds is 5. The summed E-state index contributed by atoms with van der Waals surface area (Å²) in [5, 5.41) is 0. The third-order valence-electron chi connectivity index (χ3n) is 3.76. The topological polar surface area (TPSA) is 0 Å². The minimum absolute atomic E-state index is 0.0104. The normalized spacial score (nSPS) is 13.5. The van der Waals surface area contributed by atoms with Crippen molar-refractivity contribution in [3.8, 4) is 0 Å². The zero-order chi connectivity index (χ0) is 9.83. The molecule has 12 heavy (non-hydrogen) atoms. The average Bonchev–Trinajstić information content (AvgIpc) is 2.15. The summed E-state index contributed by atoms with van der Waals surface area (Å²) in [4.78, 5) is 0.0104. The Bertz CT molecular complexity index is 105. The molecule has 0 aromatic rings. The van der Waals surface area contributed by atoms with Gasteiger partial charge in [0.1, 0.15) is 0 Å². The van der Waals surface area contributed by atoms with Crippen molar-refractivity contribution in [3.05, 3.63) is 0 Å². The number of hydrogen-bond donors (Lipinski definition) is 0. The summed E-state index contributed by atoms with van der Waals surface area (Å²) in [5.74, 6) is 0. The smallest absolute Gasteiger partial charge is 0.0494 e. The van der Waals surface area contributed by atoms with Crippen molar-refractivity contribution in [1.29, 1.82) is 0 Å². The molecular weight excluding hydrogens is 168 g/mol. The lowest BCUT2D eigenvalue weighted by Gasteiger charge is -2.43. The van der Waals surface area contributed by atoms with Crippen molar-refractivity contribution >= 4 is 11.6 Å². The first-order valence-corrected chi connectivity index (χ1v) is 5.56. The molecule has 0 fully saturated rings. The molecule has 1 heteroatoms. The van der Waals surface area contributed by atoms with Gasteiger partial charge in [-0.1, -0.05) is 34.6 Å². The largest absolute Gasteiger partial charge is 0.119 e. The van der Waals surface area contributed by atoms with Crippen LogP contribution in [0.4, 0.5) is 0 Å². The highest BCUT2D eigenvalue weighted by Crippen LogP contribution is 2.47. The second-order valence-electron chi connectivity index (χ2n) is 3.94. The lowest BCUT2D eigenvalue weighted by Crippen LogP contribution is -2.39. The summed E-state index contributed by atoms with van der Waals surface area (Å²) < 4.78 is 0. The Kier molecular flexibility index (Phi) is 4.61. The van der Waals surface area contributed by atoms with E-state index in [2.05, 4.69) is 34.6 Å². The SMILES string of the molecule is CCC(C)(CC)C(Cl)(CC)CC. The summed E-state index contributed by atoms with van der Waals surface area (Å²) >= 11 is 6.62. The minimum Gasteiger partial charge on any atom is -0.119 e. The van der Waals surface area contributed by atoms with Crippen LogP contribution in [0.1, 0.15) is 60.3 Å². The Labute approximate surface area is 82.7 Å². The van der Waals surface area contributed by atoms with Gasteiger partial charge in [0.05, 0.1) is 0 Å². The lowest BCUT2D eigenvalue weighted by molar-refractivity contribution is 0.184. The van der Waals surface area contributed by atoms with Gasteiger partial charge in [-0.2, -0.15) is 0 Å². The van der Waals surface area contributed by atoms with Crippen LogP contribution in [0.3, 0.4) is 0 Å². The molecule has 0 bridgehead atoms. The fourth-order valence-corrected chi connectivity index (χ4v) is 2.25. The Morgan fingerprint density at radius 1 is 0.833 bits per heavy atom. The Hall–Kier alpha value is 0.290. The average molecular weight is 191 g/mol. The molecule has 74 valence electrons. The van der Waals surface area contributed by atoms with Crippen LogP contribution in [0.2, 0.25) is 0 Å². The van der Waals surface area contributed by atoms with E-state index in [9.17, 15) is 0 Å². The van der Waals surface area contributed by atoms with Gasteiger partial charge in [-0.15, -0.1) is 11.6 Å². The fraction of sp³-hybridized carbons (Fsp3) is 1.00. The van der Waals surface area contributed by atoms with Gasteiger partial charge < -0.3 is 0 Å². The van der Waals surface area contributed by atoms with Gasteiger partial charge in [0.2, 0.25) is 0 Å². The van der Waals surface area contributed by atoms with E-state index in [0.717, 1.165) is 12.8 Å². The maximum Gasteiger partial charge on any atom is 0.0494 e. The third kappa shape index (κ3) is 1.96. The molecule has 0 saturated heterocycles. The van der Waals surface area contributed by atoms with Crippen LogP contribution in [-0.2, 0) is 0 Å². The zero-order valence-electron chi connectivity index (χ0n) is 9.21. The second-order valence-corrected chi connectivity index (χ2v) is 4.66. The van der Waals surface area contributed by atoms with Gasteiger partial charge in [-0.25, -0.2) is 0 Å². The van der Waals surface area contributed by atoms with Crippen LogP contribution in [0.5, 0.6) is 0 Å². The predicted molar refractivity (Wildman–Crippen MR) is 57.9 cm³/mol. The third-order valence-corrected chi connectivity index (χ3v) is 4.75.